The van der Waals surface area contributed by atoms with Crippen LogP contribution in [0.3, 0.4) is 0 Å². The zero-order valence-corrected chi connectivity index (χ0v) is 12.1. The van der Waals surface area contributed by atoms with Crippen molar-refractivity contribution in [3.63, 3.8) is 0 Å². The van der Waals surface area contributed by atoms with Gasteiger partial charge in [-0.1, -0.05) is 30.7 Å². The highest BCUT2D eigenvalue weighted by Crippen LogP contribution is 2.20. The summed E-state index contributed by atoms with van der Waals surface area (Å²) in [6.07, 6.45) is 1.13. The molecule has 0 fully saturated rings. The van der Waals surface area contributed by atoms with E-state index in [0.29, 0.717) is 16.6 Å². The van der Waals surface area contributed by atoms with E-state index in [1.807, 2.05) is 12.1 Å². The summed E-state index contributed by atoms with van der Waals surface area (Å²) in [5.41, 5.74) is 7.21. The molecule has 0 aromatic heterocycles. The van der Waals surface area contributed by atoms with Crippen molar-refractivity contribution in [1.29, 1.82) is 5.41 Å². The summed E-state index contributed by atoms with van der Waals surface area (Å²) in [7, 11) is 0. The molecule has 18 heavy (non-hydrogen) atoms. The van der Waals surface area contributed by atoms with Crippen LogP contribution < -0.4 is 5.73 Å². The molecular formula is C14H22ClN3. The topological polar surface area (TPSA) is 53.1 Å². The van der Waals surface area contributed by atoms with Gasteiger partial charge in [-0.05, 0) is 38.4 Å². The van der Waals surface area contributed by atoms with Crippen LogP contribution in [-0.4, -0.2) is 23.3 Å². The number of benzene rings is 1. The third-order valence-electron chi connectivity index (χ3n) is 2.98. The number of hydrogen-bond acceptors (Lipinski definition) is 2. The van der Waals surface area contributed by atoms with Gasteiger partial charge in [0.25, 0.3) is 0 Å². The lowest BCUT2D eigenvalue weighted by molar-refractivity contribution is 0.213. The molecule has 0 heterocycles. The van der Waals surface area contributed by atoms with Gasteiger partial charge in [0.15, 0.2) is 0 Å². The zero-order valence-electron chi connectivity index (χ0n) is 11.3. The Morgan fingerprint density at radius 3 is 2.56 bits per heavy atom. The van der Waals surface area contributed by atoms with Gasteiger partial charge in [-0.2, -0.15) is 0 Å². The van der Waals surface area contributed by atoms with Gasteiger partial charge in [-0.15, -0.1) is 0 Å². The highest BCUT2D eigenvalue weighted by molar-refractivity contribution is 6.31. The number of halogens is 1. The normalized spacial score (nSPS) is 11.2. The molecule has 0 amide bonds. The molecule has 3 nitrogen and oxygen atoms in total. The molecule has 0 spiro atoms. The van der Waals surface area contributed by atoms with Crippen molar-refractivity contribution in [3.8, 4) is 0 Å². The maximum absolute atomic E-state index is 7.39. The molecule has 3 N–H and O–H groups in total. The summed E-state index contributed by atoms with van der Waals surface area (Å²) in [6.45, 7) is 8.45. The predicted molar refractivity (Wildman–Crippen MR) is 78.3 cm³/mol. The first-order chi connectivity index (χ1) is 8.45. The molecule has 0 saturated heterocycles. The molecule has 0 bridgehead atoms. The molecular weight excluding hydrogens is 246 g/mol. The average Bonchev–Trinajstić information content (AvgIpc) is 2.30. The summed E-state index contributed by atoms with van der Waals surface area (Å²) in [4.78, 5) is 2.38. The molecule has 0 unspecified atom stereocenters. The minimum Gasteiger partial charge on any atom is -0.384 e. The Morgan fingerprint density at radius 2 is 2.11 bits per heavy atom. The van der Waals surface area contributed by atoms with Crippen LogP contribution in [0, 0.1) is 5.41 Å². The summed E-state index contributed by atoms with van der Waals surface area (Å²) < 4.78 is 0. The lowest BCUT2D eigenvalue weighted by Crippen LogP contribution is -2.31. The van der Waals surface area contributed by atoms with Crippen LogP contribution in [0.25, 0.3) is 0 Å². The van der Waals surface area contributed by atoms with Crippen molar-refractivity contribution in [3.05, 3.63) is 34.3 Å². The Hall–Kier alpha value is -1.06. The number of nitrogens with two attached hydrogens (primary N) is 1. The maximum atomic E-state index is 7.39. The molecule has 0 atom stereocenters. The summed E-state index contributed by atoms with van der Waals surface area (Å²) in [5.74, 6) is 0.0534. The van der Waals surface area contributed by atoms with E-state index in [0.717, 1.165) is 25.1 Å². The minimum atomic E-state index is 0.0534. The molecule has 0 radical (unpaired) electrons. The number of hydrogen-bond donors (Lipinski definition) is 2. The number of nitrogen functional groups attached to an aromatic ring is 1. The number of amidine groups is 1. The van der Waals surface area contributed by atoms with Gasteiger partial charge in [0.1, 0.15) is 5.84 Å². The second-order valence-electron chi connectivity index (χ2n) is 4.78. The molecule has 0 aliphatic heterocycles. The van der Waals surface area contributed by atoms with Crippen LogP contribution in [0.2, 0.25) is 5.02 Å². The van der Waals surface area contributed by atoms with Crippen LogP contribution >= 0.6 is 11.6 Å². The summed E-state index contributed by atoms with van der Waals surface area (Å²) >= 11 is 6.24. The van der Waals surface area contributed by atoms with E-state index < -0.39 is 0 Å². The minimum absolute atomic E-state index is 0.0534. The Bertz CT molecular complexity index is 416. The predicted octanol–water partition coefficient (Wildman–Crippen LogP) is 3.24. The highest BCUT2D eigenvalue weighted by Gasteiger charge is 2.11. The van der Waals surface area contributed by atoms with E-state index >= 15 is 0 Å². The summed E-state index contributed by atoms with van der Waals surface area (Å²) in [5, 5.41) is 8.07. The largest absolute Gasteiger partial charge is 0.384 e. The van der Waals surface area contributed by atoms with Crippen molar-refractivity contribution in [2.75, 3.05) is 6.54 Å². The smallest absolute Gasteiger partial charge is 0.122 e. The number of rotatable bonds is 6. The first-order valence-electron chi connectivity index (χ1n) is 6.32. The number of nitrogens with one attached hydrogen (secondary N) is 1. The van der Waals surface area contributed by atoms with Gasteiger partial charge in [-0.3, -0.25) is 10.3 Å². The standard InChI is InChI=1S/C14H22ClN3/c1-4-7-18(10(2)3)9-12-6-5-11(14(16)17)8-13(12)15/h5-6,8,10H,4,7,9H2,1-3H3,(H3,16,17). The van der Waals surface area contributed by atoms with Crippen molar-refractivity contribution < 1.29 is 0 Å². The van der Waals surface area contributed by atoms with Crippen LogP contribution in [0.5, 0.6) is 0 Å². The van der Waals surface area contributed by atoms with Gasteiger partial charge in [0.05, 0.1) is 0 Å². The first kappa shape index (κ1) is 15.0. The highest BCUT2D eigenvalue weighted by atomic mass is 35.5. The fourth-order valence-electron chi connectivity index (χ4n) is 1.87. The van der Waals surface area contributed by atoms with Gasteiger partial charge in [0, 0.05) is 23.2 Å². The molecule has 0 aliphatic carbocycles. The SMILES string of the molecule is CCCN(Cc1ccc(C(=N)N)cc1Cl)C(C)C. The Labute approximate surface area is 114 Å². The molecule has 100 valence electrons. The van der Waals surface area contributed by atoms with Crippen LogP contribution in [-0.2, 0) is 6.54 Å². The van der Waals surface area contributed by atoms with Gasteiger partial charge in [0.2, 0.25) is 0 Å². The number of nitrogens with zero attached hydrogens (tertiary/aromatic N) is 1. The van der Waals surface area contributed by atoms with Crippen LogP contribution in [0.4, 0.5) is 0 Å². The Balaban J connectivity index is 2.86. The third-order valence-corrected chi connectivity index (χ3v) is 3.33. The summed E-state index contributed by atoms with van der Waals surface area (Å²) in [6, 6.07) is 6.08. The fraction of sp³-hybridized carbons (Fsp3) is 0.500. The van der Waals surface area contributed by atoms with E-state index in [2.05, 4.69) is 25.7 Å². The fourth-order valence-corrected chi connectivity index (χ4v) is 2.11. The molecule has 1 aromatic rings. The van der Waals surface area contributed by atoms with Crippen LogP contribution in [0.1, 0.15) is 38.3 Å². The lowest BCUT2D eigenvalue weighted by Gasteiger charge is -2.26. The lowest BCUT2D eigenvalue weighted by atomic mass is 10.1. The van der Waals surface area contributed by atoms with E-state index in [1.165, 1.54) is 0 Å². The van der Waals surface area contributed by atoms with Crippen molar-refractivity contribution >= 4 is 17.4 Å². The van der Waals surface area contributed by atoms with E-state index in [1.54, 1.807) is 6.07 Å². The molecule has 0 aliphatic rings. The van der Waals surface area contributed by atoms with Gasteiger partial charge >= 0.3 is 0 Å². The van der Waals surface area contributed by atoms with E-state index in [-0.39, 0.29) is 5.84 Å². The van der Waals surface area contributed by atoms with Crippen molar-refractivity contribution in [1.82, 2.24) is 4.90 Å². The molecule has 4 heteroatoms. The molecule has 1 rings (SSSR count). The van der Waals surface area contributed by atoms with Crippen molar-refractivity contribution in [2.24, 2.45) is 5.73 Å². The average molecular weight is 268 g/mol. The van der Waals surface area contributed by atoms with E-state index in [4.69, 9.17) is 22.7 Å². The first-order valence-corrected chi connectivity index (χ1v) is 6.70. The second kappa shape index (κ2) is 6.76. The van der Waals surface area contributed by atoms with E-state index in [9.17, 15) is 0 Å². The van der Waals surface area contributed by atoms with Gasteiger partial charge in [-0.25, -0.2) is 0 Å². The van der Waals surface area contributed by atoms with Gasteiger partial charge < -0.3 is 5.73 Å². The zero-order chi connectivity index (χ0) is 13.7. The molecule has 0 saturated carbocycles. The third kappa shape index (κ3) is 4.00. The van der Waals surface area contributed by atoms with Crippen LogP contribution in [0.15, 0.2) is 18.2 Å². The second-order valence-corrected chi connectivity index (χ2v) is 5.19. The maximum Gasteiger partial charge on any atom is 0.122 e. The molecule has 1 aromatic carbocycles. The van der Waals surface area contributed by atoms with Crippen molar-refractivity contribution in [2.45, 2.75) is 39.8 Å². The Morgan fingerprint density at radius 1 is 1.44 bits per heavy atom. The Kier molecular flexibility index (Phi) is 5.63. The monoisotopic (exact) mass is 267 g/mol. The quantitative estimate of drug-likeness (QED) is 0.614.